The van der Waals surface area contributed by atoms with Gasteiger partial charge in [-0.1, -0.05) is 42.7 Å². The largest absolute Gasteiger partial charge is 0.258 e. The first-order chi connectivity index (χ1) is 9.15. The Labute approximate surface area is 116 Å². The summed E-state index contributed by atoms with van der Waals surface area (Å²) < 4.78 is 28.2. The molecule has 0 radical (unpaired) electrons. The van der Waals surface area contributed by atoms with E-state index in [2.05, 4.69) is 9.71 Å². The van der Waals surface area contributed by atoms with Crippen LogP contribution in [0.5, 0.6) is 0 Å². The summed E-state index contributed by atoms with van der Waals surface area (Å²) in [6, 6.07) is 7.68. The van der Waals surface area contributed by atoms with Crippen LogP contribution in [-0.4, -0.2) is 18.7 Å². The Morgan fingerprint density at radius 3 is 2.63 bits per heavy atom. The number of fused-ring (bicyclic) bond motifs is 1. The quantitative estimate of drug-likeness (QED) is 0.944. The average Bonchev–Trinajstić information content (AvgIpc) is 2.81. The summed E-state index contributed by atoms with van der Waals surface area (Å²) in [4.78, 5) is 4.32. The Kier molecular flexibility index (Phi) is 3.45. The lowest BCUT2D eigenvalue weighted by Gasteiger charge is -2.21. The highest BCUT2D eigenvalue weighted by atomic mass is 32.2. The third kappa shape index (κ3) is 2.74. The summed E-state index contributed by atoms with van der Waals surface area (Å²) in [5.74, 6) is 0. The first-order valence-electron chi connectivity index (χ1n) is 6.52. The second kappa shape index (κ2) is 5.09. The minimum Gasteiger partial charge on any atom is -0.258 e. The fourth-order valence-corrected chi connectivity index (χ4v) is 5.14. The molecular formula is C13H16N2O2S2. The molecule has 0 unspecified atom stereocenters. The van der Waals surface area contributed by atoms with Crippen LogP contribution >= 0.6 is 11.3 Å². The van der Waals surface area contributed by atoms with Gasteiger partial charge in [0, 0.05) is 0 Å². The molecule has 1 aromatic carbocycles. The van der Waals surface area contributed by atoms with Gasteiger partial charge in [-0.25, -0.2) is 13.4 Å². The molecule has 102 valence electrons. The van der Waals surface area contributed by atoms with Crippen LogP contribution in [0.4, 0.5) is 5.13 Å². The van der Waals surface area contributed by atoms with E-state index in [-0.39, 0.29) is 5.25 Å². The SMILES string of the molecule is O=S(=O)(Nc1nc2ccccc2s1)C1CCCCC1. The summed E-state index contributed by atoms with van der Waals surface area (Å²) in [6.45, 7) is 0. The van der Waals surface area contributed by atoms with Crippen LogP contribution in [0.15, 0.2) is 24.3 Å². The summed E-state index contributed by atoms with van der Waals surface area (Å²) in [7, 11) is -3.29. The van der Waals surface area contributed by atoms with Crippen molar-refractivity contribution in [3.63, 3.8) is 0 Å². The number of para-hydroxylation sites is 1. The molecule has 1 fully saturated rings. The van der Waals surface area contributed by atoms with E-state index in [1.54, 1.807) is 0 Å². The maximum absolute atomic E-state index is 12.3. The molecule has 0 bridgehead atoms. The smallest absolute Gasteiger partial charge is 0.237 e. The molecular weight excluding hydrogens is 280 g/mol. The van der Waals surface area contributed by atoms with E-state index in [0.29, 0.717) is 5.13 Å². The monoisotopic (exact) mass is 296 g/mol. The lowest BCUT2D eigenvalue weighted by Crippen LogP contribution is -2.29. The highest BCUT2D eigenvalue weighted by Crippen LogP contribution is 2.29. The Bertz CT molecular complexity index is 640. The molecule has 6 heteroatoms. The number of hydrogen-bond acceptors (Lipinski definition) is 4. The molecule has 0 spiro atoms. The zero-order valence-electron chi connectivity index (χ0n) is 10.5. The molecule has 0 saturated heterocycles. The molecule has 1 aromatic heterocycles. The fraction of sp³-hybridized carbons (Fsp3) is 0.462. The van der Waals surface area contributed by atoms with Crippen molar-refractivity contribution < 1.29 is 8.42 Å². The predicted molar refractivity (Wildman–Crippen MR) is 79.0 cm³/mol. The average molecular weight is 296 g/mol. The highest BCUT2D eigenvalue weighted by Gasteiger charge is 2.27. The van der Waals surface area contributed by atoms with Crippen LogP contribution in [0.2, 0.25) is 0 Å². The first-order valence-corrected chi connectivity index (χ1v) is 8.89. The number of nitrogens with zero attached hydrogens (tertiary/aromatic N) is 1. The van der Waals surface area contributed by atoms with Crippen molar-refractivity contribution in [1.29, 1.82) is 0 Å². The third-order valence-electron chi connectivity index (χ3n) is 3.51. The van der Waals surface area contributed by atoms with Crippen molar-refractivity contribution in [2.75, 3.05) is 4.72 Å². The summed E-state index contributed by atoms with van der Waals surface area (Å²) in [5.41, 5.74) is 0.842. The van der Waals surface area contributed by atoms with Crippen LogP contribution < -0.4 is 4.72 Å². The topological polar surface area (TPSA) is 59.1 Å². The molecule has 0 aliphatic heterocycles. The number of thiazole rings is 1. The molecule has 0 atom stereocenters. The van der Waals surface area contributed by atoms with E-state index in [1.807, 2.05) is 24.3 Å². The molecule has 0 amide bonds. The van der Waals surface area contributed by atoms with Gasteiger partial charge in [-0.15, -0.1) is 0 Å². The third-order valence-corrected chi connectivity index (χ3v) is 6.42. The van der Waals surface area contributed by atoms with Crippen LogP contribution in [0.25, 0.3) is 10.2 Å². The summed E-state index contributed by atoms with van der Waals surface area (Å²) >= 11 is 1.39. The highest BCUT2D eigenvalue weighted by molar-refractivity contribution is 7.93. The zero-order chi connectivity index (χ0) is 13.3. The van der Waals surface area contributed by atoms with Gasteiger partial charge in [0.05, 0.1) is 15.5 Å². The minimum absolute atomic E-state index is 0.256. The van der Waals surface area contributed by atoms with Crippen molar-refractivity contribution in [2.24, 2.45) is 0 Å². The second-order valence-corrected chi connectivity index (χ2v) is 7.89. The van der Waals surface area contributed by atoms with Crippen molar-refractivity contribution in [3.05, 3.63) is 24.3 Å². The number of aromatic nitrogens is 1. The van der Waals surface area contributed by atoms with E-state index < -0.39 is 10.0 Å². The van der Waals surface area contributed by atoms with E-state index in [1.165, 1.54) is 11.3 Å². The molecule has 19 heavy (non-hydrogen) atoms. The van der Waals surface area contributed by atoms with E-state index >= 15 is 0 Å². The second-order valence-electron chi connectivity index (χ2n) is 4.89. The van der Waals surface area contributed by atoms with Crippen LogP contribution in [0.1, 0.15) is 32.1 Å². The van der Waals surface area contributed by atoms with Crippen LogP contribution in [0.3, 0.4) is 0 Å². The van der Waals surface area contributed by atoms with Gasteiger partial charge < -0.3 is 0 Å². The number of hydrogen-bond donors (Lipinski definition) is 1. The van der Waals surface area contributed by atoms with Crippen molar-refractivity contribution >= 4 is 36.7 Å². The molecule has 1 aliphatic rings. The molecule has 1 aliphatic carbocycles. The minimum atomic E-state index is -3.29. The number of rotatable bonds is 3. The molecule has 4 nitrogen and oxygen atoms in total. The lowest BCUT2D eigenvalue weighted by atomic mass is 10.0. The zero-order valence-corrected chi connectivity index (χ0v) is 12.1. The Morgan fingerprint density at radius 2 is 1.89 bits per heavy atom. The number of anilines is 1. The normalized spacial score (nSPS) is 17.7. The Hall–Kier alpha value is -1.14. The van der Waals surface area contributed by atoms with Crippen molar-refractivity contribution in [1.82, 2.24) is 4.98 Å². The molecule has 3 rings (SSSR count). The van der Waals surface area contributed by atoms with E-state index in [4.69, 9.17) is 0 Å². The Morgan fingerprint density at radius 1 is 1.16 bits per heavy atom. The molecule has 2 aromatic rings. The molecule has 1 N–H and O–H groups in total. The standard InChI is InChI=1S/C13H16N2O2S2/c16-19(17,10-6-2-1-3-7-10)15-13-14-11-8-4-5-9-12(11)18-13/h4-5,8-10H,1-3,6-7H2,(H,14,15). The van der Waals surface area contributed by atoms with Gasteiger partial charge in [-0.2, -0.15) is 0 Å². The van der Waals surface area contributed by atoms with Crippen LogP contribution in [0, 0.1) is 0 Å². The van der Waals surface area contributed by atoms with Crippen molar-refractivity contribution in [3.8, 4) is 0 Å². The summed E-state index contributed by atoms with van der Waals surface area (Å²) in [6.07, 6.45) is 4.68. The lowest BCUT2D eigenvalue weighted by molar-refractivity contribution is 0.486. The maximum Gasteiger partial charge on any atom is 0.237 e. The molecule has 1 saturated carbocycles. The van der Waals surface area contributed by atoms with E-state index in [9.17, 15) is 8.42 Å². The number of benzene rings is 1. The van der Waals surface area contributed by atoms with Gasteiger partial charge in [-0.3, -0.25) is 4.72 Å². The Balaban J connectivity index is 1.83. The number of nitrogens with one attached hydrogen (secondary N) is 1. The predicted octanol–water partition coefficient (Wildman–Crippen LogP) is 3.37. The molecule has 1 heterocycles. The van der Waals surface area contributed by atoms with Gasteiger partial charge in [0.15, 0.2) is 5.13 Å². The first kappa shape index (κ1) is 12.9. The maximum atomic E-state index is 12.3. The van der Waals surface area contributed by atoms with Gasteiger partial charge in [-0.05, 0) is 25.0 Å². The number of sulfonamides is 1. The van der Waals surface area contributed by atoms with Gasteiger partial charge >= 0.3 is 0 Å². The van der Waals surface area contributed by atoms with Gasteiger partial charge in [0.25, 0.3) is 0 Å². The van der Waals surface area contributed by atoms with E-state index in [0.717, 1.165) is 42.3 Å². The van der Waals surface area contributed by atoms with Crippen molar-refractivity contribution in [2.45, 2.75) is 37.4 Å². The van der Waals surface area contributed by atoms with Gasteiger partial charge in [0.1, 0.15) is 0 Å². The summed E-state index contributed by atoms with van der Waals surface area (Å²) in [5, 5.41) is 0.222. The van der Waals surface area contributed by atoms with Crippen LogP contribution in [-0.2, 0) is 10.0 Å². The fourth-order valence-electron chi connectivity index (χ4n) is 2.50. The van der Waals surface area contributed by atoms with Gasteiger partial charge in [0.2, 0.25) is 10.0 Å².